The van der Waals surface area contributed by atoms with Crippen LogP contribution in [-0.2, 0) is 31.3 Å². The number of hydrogen-bond donors (Lipinski definition) is 1. The second kappa shape index (κ2) is 6.92. The van der Waals surface area contributed by atoms with Crippen molar-refractivity contribution in [2.75, 3.05) is 26.1 Å². The number of fused-ring (bicyclic) bond motifs is 1. The van der Waals surface area contributed by atoms with E-state index in [2.05, 4.69) is 10.4 Å². The van der Waals surface area contributed by atoms with Crippen LogP contribution in [0.15, 0.2) is 24.3 Å². The molecule has 0 radical (unpaired) electrons. The first-order valence-electron chi connectivity index (χ1n) is 7.85. The second-order valence-corrected chi connectivity index (χ2v) is 5.77. The van der Waals surface area contributed by atoms with E-state index in [1.165, 1.54) is 0 Å². The number of urea groups is 1. The molecular formula is C17H22N4O3. The predicted molar refractivity (Wildman–Crippen MR) is 90.0 cm³/mol. The minimum atomic E-state index is -0.144. The minimum absolute atomic E-state index is 0.144. The molecule has 1 aromatic carbocycles. The van der Waals surface area contributed by atoms with E-state index in [1.807, 2.05) is 31.3 Å². The standard InChI is InChI=1S/C17H22N4O3/c1-20-16(9-13(19-20)7-8-23-2)18-17(22)21-10-12-5-4-6-15(24-3)14(12)11-21/h4-6,9H,7-8,10-11H2,1-3H3,(H,18,22). The minimum Gasteiger partial charge on any atom is -0.496 e. The SMILES string of the molecule is COCCc1cc(NC(=O)N2Cc3cccc(OC)c3C2)n(C)n1. The molecule has 1 aliphatic rings. The summed E-state index contributed by atoms with van der Waals surface area (Å²) in [6.07, 6.45) is 0.715. The fourth-order valence-electron chi connectivity index (χ4n) is 2.89. The van der Waals surface area contributed by atoms with Crippen LogP contribution in [0.4, 0.5) is 10.6 Å². The van der Waals surface area contributed by atoms with Gasteiger partial charge in [-0.15, -0.1) is 0 Å². The number of carbonyl (C=O) groups excluding carboxylic acids is 1. The summed E-state index contributed by atoms with van der Waals surface area (Å²) < 4.78 is 12.1. The highest BCUT2D eigenvalue weighted by molar-refractivity contribution is 5.89. The number of ether oxygens (including phenoxy) is 2. The molecule has 0 fully saturated rings. The summed E-state index contributed by atoms with van der Waals surface area (Å²) in [4.78, 5) is 14.3. The third-order valence-corrected chi connectivity index (χ3v) is 4.18. The van der Waals surface area contributed by atoms with E-state index in [9.17, 15) is 4.79 Å². The summed E-state index contributed by atoms with van der Waals surface area (Å²) in [7, 11) is 5.12. The third kappa shape index (κ3) is 3.21. The van der Waals surface area contributed by atoms with Crippen molar-refractivity contribution >= 4 is 11.8 Å². The Morgan fingerprint density at radius 3 is 2.92 bits per heavy atom. The number of anilines is 1. The van der Waals surface area contributed by atoms with Crippen molar-refractivity contribution in [1.82, 2.24) is 14.7 Å². The van der Waals surface area contributed by atoms with Gasteiger partial charge in [-0.1, -0.05) is 12.1 Å². The Labute approximate surface area is 141 Å². The maximum absolute atomic E-state index is 12.6. The maximum Gasteiger partial charge on any atom is 0.323 e. The van der Waals surface area contributed by atoms with Crippen LogP contribution in [0.25, 0.3) is 0 Å². The Morgan fingerprint density at radius 1 is 1.33 bits per heavy atom. The molecule has 128 valence electrons. The smallest absolute Gasteiger partial charge is 0.323 e. The number of carbonyl (C=O) groups is 1. The van der Waals surface area contributed by atoms with Gasteiger partial charge in [-0.3, -0.25) is 10.00 Å². The summed E-state index contributed by atoms with van der Waals surface area (Å²) >= 11 is 0. The van der Waals surface area contributed by atoms with Gasteiger partial charge in [-0.05, 0) is 11.6 Å². The molecule has 24 heavy (non-hydrogen) atoms. The van der Waals surface area contributed by atoms with Gasteiger partial charge in [0.1, 0.15) is 11.6 Å². The first-order valence-corrected chi connectivity index (χ1v) is 7.85. The van der Waals surface area contributed by atoms with Crippen molar-refractivity contribution in [3.8, 4) is 5.75 Å². The van der Waals surface area contributed by atoms with Gasteiger partial charge >= 0.3 is 6.03 Å². The van der Waals surface area contributed by atoms with Crippen LogP contribution < -0.4 is 10.1 Å². The average molecular weight is 330 g/mol. The van der Waals surface area contributed by atoms with Gasteiger partial charge in [-0.25, -0.2) is 4.79 Å². The van der Waals surface area contributed by atoms with E-state index in [1.54, 1.807) is 23.8 Å². The Hall–Kier alpha value is -2.54. The zero-order valence-electron chi connectivity index (χ0n) is 14.2. The number of hydrogen-bond acceptors (Lipinski definition) is 4. The van der Waals surface area contributed by atoms with Gasteiger partial charge in [0.25, 0.3) is 0 Å². The van der Waals surface area contributed by atoms with Crippen molar-refractivity contribution in [1.29, 1.82) is 0 Å². The topological polar surface area (TPSA) is 68.6 Å². The molecular weight excluding hydrogens is 308 g/mol. The second-order valence-electron chi connectivity index (χ2n) is 5.77. The van der Waals surface area contributed by atoms with Crippen molar-refractivity contribution in [2.45, 2.75) is 19.5 Å². The zero-order valence-corrected chi connectivity index (χ0v) is 14.2. The van der Waals surface area contributed by atoms with Crippen molar-refractivity contribution in [2.24, 2.45) is 7.05 Å². The van der Waals surface area contributed by atoms with E-state index in [0.717, 1.165) is 22.6 Å². The molecule has 2 aromatic rings. The summed E-state index contributed by atoms with van der Waals surface area (Å²) in [5.74, 6) is 1.50. The maximum atomic E-state index is 12.6. The highest BCUT2D eigenvalue weighted by Gasteiger charge is 2.26. The van der Waals surface area contributed by atoms with Crippen LogP contribution in [0.1, 0.15) is 16.8 Å². The molecule has 2 heterocycles. The summed E-state index contributed by atoms with van der Waals surface area (Å²) in [6.45, 7) is 1.72. The lowest BCUT2D eigenvalue weighted by molar-refractivity contribution is 0.201. The monoisotopic (exact) mass is 330 g/mol. The molecule has 7 nitrogen and oxygen atoms in total. The molecule has 0 unspecified atom stereocenters. The van der Waals surface area contributed by atoms with Crippen LogP contribution in [0.3, 0.4) is 0 Å². The van der Waals surface area contributed by atoms with E-state index in [0.29, 0.717) is 31.9 Å². The molecule has 1 N–H and O–H groups in total. The Kier molecular flexibility index (Phi) is 4.71. The Balaban J connectivity index is 1.67. The predicted octanol–water partition coefficient (Wildman–Crippen LogP) is 2.17. The number of methoxy groups -OCH3 is 2. The average Bonchev–Trinajstić information content (AvgIpc) is 3.16. The fourth-order valence-corrected chi connectivity index (χ4v) is 2.89. The number of aromatic nitrogens is 2. The van der Waals surface area contributed by atoms with Gasteiger partial charge in [-0.2, -0.15) is 5.10 Å². The quantitative estimate of drug-likeness (QED) is 0.912. The molecule has 0 atom stereocenters. The van der Waals surface area contributed by atoms with Crippen molar-refractivity contribution in [3.63, 3.8) is 0 Å². The molecule has 1 aliphatic heterocycles. The van der Waals surface area contributed by atoms with Crippen molar-refractivity contribution in [3.05, 3.63) is 41.1 Å². The summed E-state index contributed by atoms with van der Waals surface area (Å²) in [5.41, 5.74) is 3.08. The van der Waals surface area contributed by atoms with Gasteiger partial charge in [0.15, 0.2) is 0 Å². The Bertz CT molecular complexity index is 741. The molecule has 0 bridgehead atoms. The summed E-state index contributed by atoms with van der Waals surface area (Å²) in [5, 5.41) is 7.31. The molecule has 0 saturated heterocycles. The van der Waals surface area contributed by atoms with Crippen LogP contribution >= 0.6 is 0 Å². The van der Waals surface area contributed by atoms with E-state index < -0.39 is 0 Å². The first-order chi connectivity index (χ1) is 11.6. The number of benzene rings is 1. The number of nitrogens with zero attached hydrogens (tertiary/aromatic N) is 3. The highest BCUT2D eigenvalue weighted by atomic mass is 16.5. The lowest BCUT2D eigenvalue weighted by atomic mass is 10.1. The van der Waals surface area contributed by atoms with Crippen molar-refractivity contribution < 1.29 is 14.3 Å². The highest BCUT2D eigenvalue weighted by Crippen LogP contribution is 2.31. The van der Waals surface area contributed by atoms with Gasteiger partial charge < -0.3 is 14.4 Å². The molecule has 3 rings (SSSR count). The molecule has 2 amide bonds. The number of amides is 2. The zero-order chi connectivity index (χ0) is 17.1. The lowest BCUT2D eigenvalue weighted by Gasteiger charge is -2.16. The van der Waals surface area contributed by atoms with Gasteiger partial charge in [0.2, 0.25) is 0 Å². The van der Waals surface area contributed by atoms with Crippen LogP contribution in [-0.4, -0.2) is 41.5 Å². The largest absolute Gasteiger partial charge is 0.496 e. The van der Waals surface area contributed by atoms with Crippen LogP contribution in [0, 0.1) is 0 Å². The van der Waals surface area contributed by atoms with E-state index in [-0.39, 0.29) is 6.03 Å². The number of aryl methyl sites for hydroxylation is 1. The van der Waals surface area contributed by atoms with Gasteiger partial charge in [0.05, 0.1) is 26.0 Å². The van der Waals surface area contributed by atoms with Crippen LogP contribution in [0.2, 0.25) is 0 Å². The Morgan fingerprint density at radius 2 is 2.17 bits per heavy atom. The number of nitrogens with one attached hydrogen (secondary N) is 1. The molecule has 0 saturated carbocycles. The molecule has 0 aliphatic carbocycles. The fraction of sp³-hybridized carbons (Fsp3) is 0.412. The molecule has 1 aromatic heterocycles. The number of rotatable bonds is 5. The lowest BCUT2D eigenvalue weighted by Crippen LogP contribution is -2.30. The summed E-state index contributed by atoms with van der Waals surface area (Å²) in [6, 6.07) is 7.62. The van der Waals surface area contributed by atoms with E-state index in [4.69, 9.17) is 9.47 Å². The van der Waals surface area contributed by atoms with Gasteiger partial charge in [0, 0.05) is 38.8 Å². The third-order valence-electron chi connectivity index (χ3n) is 4.18. The molecule has 0 spiro atoms. The molecule has 7 heteroatoms. The normalized spacial score (nSPS) is 13.0. The van der Waals surface area contributed by atoms with E-state index >= 15 is 0 Å². The van der Waals surface area contributed by atoms with Crippen LogP contribution in [0.5, 0.6) is 5.75 Å². The first kappa shape index (κ1) is 16.3.